The number of rotatable bonds is 6. The van der Waals surface area contributed by atoms with Crippen LogP contribution < -0.4 is 10.1 Å². The van der Waals surface area contributed by atoms with E-state index in [-0.39, 0.29) is 0 Å². The second-order valence-corrected chi connectivity index (χ2v) is 4.54. The summed E-state index contributed by atoms with van der Waals surface area (Å²) in [6.07, 6.45) is 2.61. The van der Waals surface area contributed by atoms with Gasteiger partial charge in [-0.1, -0.05) is 13.0 Å². The summed E-state index contributed by atoms with van der Waals surface area (Å²) >= 11 is 0. The molecule has 18 heavy (non-hydrogen) atoms. The standard InChI is InChI=1S/C14H22N2O2/c1-3-12-11(8-9-18-12)10-15-13-6-5-7-14(16-13)17-4-2/h5-7,11-12H,3-4,8-10H2,1-2H3,(H,15,16). The summed E-state index contributed by atoms with van der Waals surface area (Å²) in [5.74, 6) is 2.15. The Kier molecular flexibility index (Phi) is 4.81. The molecule has 4 nitrogen and oxygen atoms in total. The van der Waals surface area contributed by atoms with Gasteiger partial charge in [0.2, 0.25) is 5.88 Å². The molecule has 1 N–H and O–H groups in total. The van der Waals surface area contributed by atoms with E-state index in [1.807, 2.05) is 25.1 Å². The fourth-order valence-electron chi connectivity index (χ4n) is 2.35. The number of nitrogens with one attached hydrogen (secondary N) is 1. The molecule has 4 heteroatoms. The quantitative estimate of drug-likeness (QED) is 0.843. The van der Waals surface area contributed by atoms with Crippen molar-refractivity contribution in [3.8, 4) is 5.88 Å². The van der Waals surface area contributed by atoms with E-state index in [9.17, 15) is 0 Å². The van der Waals surface area contributed by atoms with Gasteiger partial charge in [0.05, 0.1) is 12.7 Å². The van der Waals surface area contributed by atoms with E-state index in [1.165, 1.54) is 0 Å². The van der Waals surface area contributed by atoms with Gasteiger partial charge in [-0.25, -0.2) is 0 Å². The zero-order chi connectivity index (χ0) is 12.8. The van der Waals surface area contributed by atoms with Gasteiger partial charge in [0.15, 0.2) is 0 Å². The van der Waals surface area contributed by atoms with Crippen LogP contribution in [0.2, 0.25) is 0 Å². The predicted octanol–water partition coefficient (Wildman–Crippen LogP) is 2.71. The zero-order valence-electron chi connectivity index (χ0n) is 11.2. The van der Waals surface area contributed by atoms with Gasteiger partial charge in [0.1, 0.15) is 5.82 Å². The van der Waals surface area contributed by atoms with E-state index < -0.39 is 0 Å². The molecule has 1 fully saturated rings. The summed E-state index contributed by atoms with van der Waals surface area (Å²) in [5, 5.41) is 3.38. The van der Waals surface area contributed by atoms with Crippen LogP contribution in [0.1, 0.15) is 26.7 Å². The van der Waals surface area contributed by atoms with Crippen molar-refractivity contribution in [2.24, 2.45) is 5.92 Å². The summed E-state index contributed by atoms with van der Waals surface area (Å²) in [7, 11) is 0. The number of hydrogen-bond donors (Lipinski definition) is 1. The first-order chi connectivity index (χ1) is 8.83. The number of aromatic nitrogens is 1. The Morgan fingerprint density at radius 2 is 2.33 bits per heavy atom. The van der Waals surface area contributed by atoms with Crippen LogP contribution in [0.25, 0.3) is 0 Å². The van der Waals surface area contributed by atoms with E-state index in [1.54, 1.807) is 0 Å². The number of anilines is 1. The normalized spacial score (nSPS) is 23.0. The molecule has 2 heterocycles. The molecule has 1 saturated heterocycles. The van der Waals surface area contributed by atoms with Gasteiger partial charge in [-0.2, -0.15) is 4.98 Å². The maximum atomic E-state index is 5.68. The zero-order valence-corrected chi connectivity index (χ0v) is 11.2. The van der Waals surface area contributed by atoms with Crippen LogP contribution in [0.3, 0.4) is 0 Å². The van der Waals surface area contributed by atoms with Gasteiger partial charge in [0, 0.05) is 25.1 Å². The highest BCUT2D eigenvalue weighted by atomic mass is 16.5. The summed E-state index contributed by atoms with van der Waals surface area (Å²) in [6, 6.07) is 5.81. The van der Waals surface area contributed by atoms with E-state index in [0.29, 0.717) is 24.5 Å². The SMILES string of the molecule is CCOc1cccc(NCC2CCOC2CC)n1. The minimum atomic E-state index is 0.396. The molecule has 0 radical (unpaired) electrons. The molecule has 1 aliphatic heterocycles. The van der Waals surface area contributed by atoms with Gasteiger partial charge in [0.25, 0.3) is 0 Å². The Labute approximate surface area is 109 Å². The first kappa shape index (κ1) is 13.1. The second kappa shape index (κ2) is 6.59. The maximum absolute atomic E-state index is 5.68. The van der Waals surface area contributed by atoms with Gasteiger partial charge in [-0.15, -0.1) is 0 Å². The molecule has 100 valence electrons. The maximum Gasteiger partial charge on any atom is 0.215 e. The lowest BCUT2D eigenvalue weighted by molar-refractivity contribution is 0.0900. The van der Waals surface area contributed by atoms with Crippen LogP contribution in [0.5, 0.6) is 5.88 Å². The largest absolute Gasteiger partial charge is 0.478 e. The average Bonchev–Trinajstić information content (AvgIpc) is 2.84. The molecule has 0 spiro atoms. The highest BCUT2D eigenvalue weighted by Crippen LogP contribution is 2.23. The number of ether oxygens (including phenoxy) is 2. The molecule has 0 aliphatic carbocycles. The van der Waals surface area contributed by atoms with Crippen molar-refractivity contribution in [1.29, 1.82) is 0 Å². The van der Waals surface area contributed by atoms with Crippen molar-refractivity contribution in [2.75, 3.05) is 25.1 Å². The monoisotopic (exact) mass is 250 g/mol. The van der Waals surface area contributed by atoms with Crippen molar-refractivity contribution in [2.45, 2.75) is 32.8 Å². The molecule has 2 rings (SSSR count). The smallest absolute Gasteiger partial charge is 0.215 e. The number of pyridine rings is 1. The molecule has 1 aromatic rings. The average molecular weight is 250 g/mol. The summed E-state index contributed by atoms with van der Waals surface area (Å²) in [6.45, 7) is 6.59. The molecule has 0 bridgehead atoms. The minimum Gasteiger partial charge on any atom is -0.478 e. The molecule has 1 aromatic heterocycles. The fourth-order valence-corrected chi connectivity index (χ4v) is 2.35. The third kappa shape index (κ3) is 3.35. The Bertz CT molecular complexity index is 371. The van der Waals surface area contributed by atoms with E-state index in [4.69, 9.17) is 9.47 Å². The summed E-state index contributed by atoms with van der Waals surface area (Å²) < 4.78 is 11.1. The summed E-state index contributed by atoms with van der Waals surface area (Å²) in [5.41, 5.74) is 0. The van der Waals surface area contributed by atoms with Crippen molar-refractivity contribution in [1.82, 2.24) is 4.98 Å². The topological polar surface area (TPSA) is 43.4 Å². The van der Waals surface area contributed by atoms with Crippen LogP contribution in [0.15, 0.2) is 18.2 Å². The van der Waals surface area contributed by atoms with Crippen molar-refractivity contribution >= 4 is 5.82 Å². The Balaban J connectivity index is 1.87. The van der Waals surface area contributed by atoms with Crippen molar-refractivity contribution in [3.63, 3.8) is 0 Å². The van der Waals surface area contributed by atoms with Crippen LogP contribution in [-0.2, 0) is 4.74 Å². The molecule has 1 aliphatic rings. The Hall–Kier alpha value is -1.29. The Morgan fingerprint density at radius 3 is 3.11 bits per heavy atom. The molecular formula is C14H22N2O2. The highest BCUT2D eigenvalue weighted by molar-refractivity contribution is 5.37. The van der Waals surface area contributed by atoms with Crippen LogP contribution in [0.4, 0.5) is 5.82 Å². The van der Waals surface area contributed by atoms with Gasteiger partial charge < -0.3 is 14.8 Å². The number of hydrogen-bond acceptors (Lipinski definition) is 4. The minimum absolute atomic E-state index is 0.396. The van der Waals surface area contributed by atoms with Crippen molar-refractivity contribution < 1.29 is 9.47 Å². The lowest BCUT2D eigenvalue weighted by Crippen LogP contribution is -2.23. The second-order valence-electron chi connectivity index (χ2n) is 4.54. The molecule has 0 aromatic carbocycles. The van der Waals surface area contributed by atoms with E-state index in [2.05, 4.69) is 17.2 Å². The third-order valence-electron chi connectivity index (χ3n) is 3.31. The van der Waals surface area contributed by atoms with Gasteiger partial charge in [-0.3, -0.25) is 0 Å². The molecular weight excluding hydrogens is 228 g/mol. The van der Waals surface area contributed by atoms with Crippen LogP contribution >= 0.6 is 0 Å². The lowest BCUT2D eigenvalue weighted by Gasteiger charge is -2.17. The predicted molar refractivity (Wildman–Crippen MR) is 72.0 cm³/mol. The van der Waals surface area contributed by atoms with E-state index in [0.717, 1.165) is 31.8 Å². The lowest BCUT2D eigenvalue weighted by atomic mass is 10.00. The molecule has 2 atom stereocenters. The fraction of sp³-hybridized carbons (Fsp3) is 0.643. The first-order valence-electron chi connectivity index (χ1n) is 6.78. The van der Waals surface area contributed by atoms with Crippen LogP contribution in [0, 0.1) is 5.92 Å². The molecule has 0 saturated carbocycles. The van der Waals surface area contributed by atoms with Crippen LogP contribution in [-0.4, -0.2) is 30.8 Å². The number of nitrogens with zero attached hydrogens (tertiary/aromatic N) is 1. The molecule has 2 unspecified atom stereocenters. The highest BCUT2D eigenvalue weighted by Gasteiger charge is 2.26. The first-order valence-corrected chi connectivity index (χ1v) is 6.78. The summed E-state index contributed by atoms with van der Waals surface area (Å²) in [4.78, 5) is 4.40. The molecule has 0 amide bonds. The van der Waals surface area contributed by atoms with E-state index >= 15 is 0 Å². The third-order valence-corrected chi connectivity index (χ3v) is 3.31. The van der Waals surface area contributed by atoms with Gasteiger partial charge in [-0.05, 0) is 25.8 Å². The van der Waals surface area contributed by atoms with Crippen molar-refractivity contribution in [3.05, 3.63) is 18.2 Å². The Morgan fingerprint density at radius 1 is 1.44 bits per heavy atom. The van der Waals surface area contributed by atoms with Gasteiger partial charge >= 0.3 is 0 Å².